The van der Waals surface area contributed by atoms with Gasteiger partial charge in [-0.15, -0.1) is 5.10 Å². The highest BCUT2D eigenvalue weighted by Crippen LogP contribution is 2.30. The summed E-state index contributed by atoms with van der Waals surface area (Å²) in [6.07, 6.45) is 2.43. The van der Waals surface area contributed by atoms with Crippen LogP contribution >= 0.6 is 0 Å². The van der Waals surface area contributed by atoms with E-state index in [1.807, 2.05) is 13.8 Å². The van der Waals surface area contributed by atoms with Crippen molar-refractivity contribution in [2.75, 3.05) is 6.61 Å². The van der Waals surface area contributed by atoms with Crippen LogP contribution < -0.4 is 11.5 Å². The minimum atomic E-state index is -4.22. The molecule has 11 heteroatoms. The first-order valence-corrected chi connectivity index (χ1v) is 10.9. The number of ether oxygens (including phenoxy) is 1. The lowest BCUT2D eigenvalue weighted by Gasteiger charge is -2.11. The SMILES string of the molecule is CCOC(=O)C1CCCC1=NN=C(N)N.Cc1cc(O)c(C(C)C)cc1S(=O)(=O)O. The Kier molecular flexibility index (Phi) is 9.24. The second-order valence-electron chi connectivity index (χ2n) is 7.12. The number of nitrogens with zero attached hydrogens (tertiary/aromatic N) is 2. The molecule has 0 amide bonds. The first kappa shape index (κ1) is 25.4. The Balaban J connectivity index is 0.000000300. The number of aromatic hydroxyl groups is 1. The maximum Gasteiger partial charge on any atom is 0.314 e. The number of rotatable bonds is 5. The van der Waals surface area contributed by atoms with Gasteiger partial charge in [0.05, 0.1) is 23.1 Å². The predicted octanol–water partition coefficient (Wildman–Crippen LogP) is 2.05. The van der Waals surface area contributed by atoms with Gasteiger partial charge in [-0.1, -0.05) is 13.8 Å². The van der Waals surface area contributed by atoms with E-state index < -0.39 is 10.1 Å². The molecule has 1 aromatic carbocycles. The van der Waals surface area contributed by atoms with Gasteiger partial charge in [-0.2, -0.15) is 13.5 Å². The van der Waals surface area contributed by atoms with E-state index in [9.17, 15) is 18.3 Å². The number of esters is 1. The summed E-state index contributed by atoms with van der Waals surface area (Å²) in [5, 5.41) is 17.0. The zero-order valence-electron chi connectivity index (χ0n) is 17.6. The van der Waals surface area contributed by atoms with Crippen LogP contribution in [0, 0.1) is 12.8 Å². The smallest absolute Gasteiger partial charge is 0.314 e. The van der Waals surface area contributed by atoms with Crippen LogP contribution in [-0.4, -0.2) is 42.3 Å². The molecule has 1 aliphatic carbocycles. The predicted molar refractivity (Wildman–Crippen MR) is 114 cm³/mol. The van der Waals surface area contributed by atoms with Crippen LogP contribution in [-0.2, 0) is 19.6 Å². The lowest BCUT2D eigenvalue weighted by Crippen LogP contribution is -2.24. The number of carbonyl (C=O) groups excluding carboxylic acids is 1. The van der Waals surface area contributed by atoms with Gasteiger partial charge < -0.3 is 21.3 Å². The molecule has 0 aliphatic heterocycles. The van der Waals surface area contributed by atoms with Crippen molar-refractivity contribution in [3.63, 3.8) is 0 Å². The highest BCUT2D eigenvalue weighted by atomic mass is 32.2. The summed E-state index contributed by atoms with van der Waals surface area (Å²) in [6, 6.07) is 2.66. The molecule has 2 rings (SSSR count). The number of hydrogen-bond donors (Lipinski definition) is 4. The van der Waals surface area contributed by atoms with Crippen LogP contribution in [0.1, 0.15) is 57.1 Å². The minimum Gasteiger partial charge on any atom is -0.508 e. The van der Waals surface area contributed by atoms with Gasteiger partial charge in [-0.3, -0.25) is 9.35 Å². The van der Waals surface area contributed by atoms with Crippen molar-refractivity contribution in [3.05, 3.63) is 23.3 Å². The van der Waals surface area contributed by atoms with Crippen LogP contribution in [0.3, 0.4) is 0 Å². The van der Waals surface area contributed by atoms with Gasteiger partial charge in [0.2, 0.25) is 5.96 Å². The Morgan fingerprint density at radius 3 is 2.47 bits per heavy atom. The molecule has 0 saturated heterocycles. The summed E-state index contributed by atoms with van der Waals surface area (Å²) >= 11 is 0. The van der Waals surface area contributed by atoms with Crippen LogP contribution in [0.5, 0.6) is 5.75 Å². The summed E-state index contributed by atoms with van der Waals surface area (Å²) in [4.78, 5) is 11.3. The van der Waals surface area contributed by atoms with Gasteiger partial charge in [-0.25, -0.2) is 0 Å². The van der Waals surface area contributed by atoms with E-state index in [-0.39, 0.29) is 34.4 Å². The average molecular weight is 443 g/mol. The number of benzene rings is 1. The number of hydrogen-bond acceptors (Lipinski definition) is 7. The van der Waals surface area contributed by atoms with E-state index >= 15 is 0 Å². The van der Waals surface area contributed by atoms with Crippen molar-refractivity contribution >= 4 is 27.8 Å². The molecule has 0 aromatic heterocycles. The van der Waals surface area contributed by atoms with Crippen LogP contribution in [0.4, 0.5) is 0 Å². The van der Waals surface area contributed by atoms with Crippen molar-refractivity contribution < 1.29 is 27.6 Å². The van der Waals surface area contributed by atoms with E-state index in [2.05, 4.69) is 10.2 Å². The molecule has 1 aromatic rings. The van der Waals surface area contributed by atoms with E-state index in [1.165, 1.54) is 19.1 Å². The highest BCUT2D eigenvalue weighted by Gasteiger charge is 2.30. The third-order valence-electron chi connectivity index (χ3n) is 4.42. The van der Waals surface area contributed by atoms with Crippen molar-refractivity contribution in [1.82, 2.24) is 0 Å². The quantitative estimate of drug-likeness (QED) is 0.176. The second kappa shape index (κ2) is 10.9. The normalized spacial score (nSPS) is 17.4. The van der Waals surface area contributed by atoms with E-state index in [0.717, 1.165) is 19.3 Å². The largest absolute Gasteiger partial charge is 0.508 e. The summed E-state index contributed by atoms with van der Waals surface area (Å²) in [7, 11) is -4.22. The molecule has 1 unspecified atom stereocenters. The van der Waals surface area contributed by atoms with E-state index in [0.29, 0.717) is 23.4 Å². The summed E-state index contributed by atoms with van der Waals surface area (Å²) in [5.74, 6) is -0.564. The molecule has 1 aliphatic rings. The highest BCUT2D eigenvalue weighted by molar-refractivity contribution is 7.85. The molecule has 6 N–H and O–H groups in total. The van der Waals surface area contributed by atoms with E-state index in [1.54, 1.807) is 6.92 Å². The molecule has 0 heterocycles. The number of phenols is 1. The first-order valence-electron chi connectivity index (χ1n) is 9.51. The molecule has 1 atom stereocenters. The summed E-state index contributed by atoms with van der Waals surface area (Å²) < 4.78 is 35.9. The zero-order valence-corrected chi connectivity index (χ0v) is 18.4. The lowest BCUT2D eigenvalue weighted by atomic mass is 10.0. The monoisotopic (exact) mass is 442 g/mol. The number of aryl methyl sites for hydroxylation is 1. The summed E-state index contributed by atoms with van der Waals surface area (Å²) in [5.41, 5.74) is 11.9. The van der Waals surface area contributed by atoms with Gasteiger partial charge in [0.1, 0.15) is 5.75 Å². The molecular weight excluding hydrogens is 412 g/mol. The molecule has 1 fully saturated rings. The topological polar surface area (TPSA) is 178 Å². The second-order valence-corrected chi connectivity index (χ2v) is 8.51. The van der Waals surface area contributed by atoms with Gasteiger partial charge in [0, 0.05) is 0 Å². The Bertz CT molecular complexity index is 921. The fourth-order valence-corrected chi connectivity index (χ4v) is 3.74. The fourth-order valence-electron chi connectivity index (χ4n) is 3.00. The van der Waals surface area contributed by atoms with Crippen molar-refractivity contribution in [2.24, 2.45) is 27.6 Å². The maximum absolute atomic E-state index is 11.5. The van der Waals surface area contributed by atoms with E-state index in [4.69, 9.17) is 20.8 Å². The molecule has 30 heavy (non-hydrogen) atoms. The van der Waals surface area contributed by atoms with Crippen LogP contribution in [0.25, 0.3) is 0 Å². The molecule has 168 valence electrons. The number of nitrogens with two attached hydrogens (primary N) is 2. The Morgan fingerprint density at radius 2 is 1.97 bits per heavy atom. The Morgan fingerprint density at radius 1 is 1.33 bits per heavy atom. The average Bonchev–Trinajstić information content (AvgIpc) is 3.08. The Labute approximate surface area is 176 Å². The minimum absolute atomic E-state index is 0.00824. The van der Waals surface area contributed by atoms with Crippen LogP contribution in [0.15, 0.2) is 27.2 Å². The Hall–Kier alpha value is -2.66. The molecule has 10 nitrogen and oxygen atoms in total. The van der Waals surface area contributed by atoms with Gasteiger partial charge in [0.15, 0.2) is 0 Å². The third kappa shape index (κ3) is 7.30. The lowest BCUT2D eigenvalue weighted by molar-refractivity contribution is -0.145. The van der Waals surface area contributed by atoms with Gasteiger partial charge in [-0.05, 0) is 62.3 Å². The summed E-state index contributed by atoms with van der Waals surface area (Å²) in [6.45, 7) is 7.34. The standard InChI is InChI=1S/C10H14O4S.C9H16N4O2/c1-6(2)8-5-10(15(12,13)14)7(3)4-9(8)11;1-2-15-8(14)6-4-3-5-7(6)12-13-9(10)11/h4-6,11H,1-3H3,(H,12,13,14);6H,2-5H2,1H3,(H4,10,11,13). The molecule has 0 bridgehead atoms. The van der Waals surface area contributed by atoms with Gasteiger partial charge in [0.25, 0.3) is 10.1 Å². The van der Waals surface area contributed by atoms with Crippen molar-refractivity contribution in [2.45, 2.75) is 57.8 Å². The maximum atomic E-state index is 11.5. The molecule has 0 radical (unpaired) electrons. The van der Waals surface area contributed by atoms with Crippen molar-refractivity contribution in [1.29, 1.82) is 0 Å². The fraction of sp³-hybridized carbons (Fsp3) is 0.526. The van der Waals surface area contributed by atoms with Crippen molar-refractivity contribution in [3.8, 4) is 5.75 Å². The molecule has 0 spiro atoms. The zero-order chi connectivity index (χ0) is 23.1. The number of guanidine groups is 1. The van der Waals surface area contributed by atoms with Crippen LogP contribution in [0.2, 0.25) is 0 Å². The molecule has 1 saturated carbocycles. The third-order valence-corrected chi connectivity index (χ3v) is 5.41. The first-order chi connectivity index (χ1) is 13.9. The number of phenolic OH excluding ortho intramolecular Hbond substituents is 1. The van der Waals surface area contributed by atoms with Gasteiger partial charge >= 0.3 is 5.97 Å². The number of carbonyl (C=O) groups is 1. The molecular formula is C19H30N4O6S.